The zero-order valence-electron chi connectivity index (χ0n) is 7.94. The van der Waals surface area contributed by atoms with Crippen LogP contribution in [0.5, 0.6) is 0 Å². The van der Waals surface area contributed by atoms with E-state index in [1.54, 1.807) is 24.3 Å². The fourth-order valence-electron chi connectivity index (χ4n) is 1.08. The summed E-state index contributed by atoms with van der Waals surface area (Å²) < 4.78 is 0. The second-order valence-corrected chi connectivity index (χ2v) is 2.71. The molecule has 0 aromatic carbocycles. The van der Waals surface area contributed by atoms with Crippen molar-refractivity contribution in [2.75, 3.05) is 0 Å². The lowest BCUT2D eigenvalue weighted by atomic mass is 10.0. The van der Waals surface area contributed by atoms with E-state index in [1.165, 1.54) is 6.08 Å². The van der Waals surface area contributed by atoms with Gasteiger partial charge in [0.25, 0.3) is 0 Å². The van der Waals surface area contributed by atoms with E-state index in [9.17, 15) is 0 Å². The maximum absolute atomic E-state index is 8.81. The third-order valence-corrected chi connectivity index (χ3v) is 1.82. The van der Waals surface area contributed by atoms with Gasteiger partial charge in [-0.1, -0.05) is 0 Å². The minimum absolute atomic E-state index is 0.0327. The van der Waals surface area contributed by atoms with E-state index in [0.717, 1.165) is 0 Å². The van der Waals surface area contributed by atoms with Crippen LogP contribution in [0.4, 0.5) is 0 Å². The standard InChI is InChI=1S/C10H4N6/c11-2-6-1-7(3-12)10(8(15)4-13)16-9(6)5-14/h1,16H,15H2/b10-8-. The Balaban J connectivity index is 3.45. The first-order valence-corrected chi connectivity index (χ1v) is 4.01. The van der Waals surface area contributed by atoms with Gasteiger partial charge in [-0.05, 0) is 6.08 Å². The van der Waals surface area contributed by atoms with Crippen molar-refractivity contribution in [1.29, 1.82) is 21.0 Å². The SMILES string of the molecule is N#CC1=CC(C#N)=C(C#N)N/C1=C(\N)C#N. The molecule has 0 saturated carbocycles. The van der Waals surface area contributed by atoms with Crippen LogP contribution in [-0.2, 0) is 0 Å². The van der Waals surface area contributed by atoms with Crippen LogP contribution in [-0.4, -0.2) is 0 Å². The van der Waals surface area contributed by atoms with Crippen LogP contribution in [0.15, 0.2) is 34.3 Å². The van der Waals surface area contributed by atoms with E-state index in [4.69, 9.17) is 26.8 Å². The smallest absolute Gasteiger partial charge is 0.136 e. The van der Waals surface area contributed by atoms with Crippen LogP contribution in [0.1, 0.15) is 0 Å². The van der Waals surface area contributed by atoms with Crippen LogP contribution < -0.4 is 11.1 Å². The number of rotatable bonds is 0. The monoisotopic (exact) mass is 208 g/mol. The molecular weight excluding hydrogens is 204 g/mol. The molecule has 0 amide bonds. The van der Waals surface area contributed by atoms with Crippen molar-refractivity contribution in [2.24, 2.45) is 5.73 Å². The maximum atomic E-state index is 8.81. The summed E-state index contributed by atoms with van der Waals surface area (Å²) in [5.74, 6) is 0. The fraction of sp³-hybridized carbons (Fsp3) is 0. The summed E-state index contributed by atoms with van der Waals surface area (Å²) >= 11 is 0. The molecule has 74 valence electrons. The minimum atomic E-state index is -0.211. The average molecular weight is 208 g/mol. The lowest BCUT2D eigenvalue weighted by Gasteiger charge is -2.14. The topological polar surface area (TPSA) is 133 Å². The second-order valence-electron chi connectivity index (χ2n) is 2.71. The molecule has 1 aliphatic rings. The molecule has 0 bridgehead atoms. The Labute approximate surface area is 91.4 Å². The first-order valence-electron chi connectivity index (χ1n) is 4.01. The molecule has 0 spiro atoms. The molecule has 0 fully saturated rings. The van der Waals surface area contributed by atoms with Gasteiger partial charge in [-0.25, -0.2) is 0 Å². The molecule has 16 heavy (non-hydrogen) atoms. The molecule has 1 aliphatic heterocycles. The summed E-state index contributed by atoms with van der Waals surface area (Å²) in [6, 6.07) is 6.98. The Morgan fingerprint density at radius 1 is 1.12 bits per heavy atom. The molecular formula is C10H4N6. The fourth-order valence-corrected chi connectivity index (χ4v) is 1.08. The molecule has 0 atom stereocenters. The number of allylic oxidation sites excluding steroid dienone is 5. The van der Waals surface area contributed by atoms with Crippen LogP contribution >= 0.6 is 0 Å². The van der Waals surface area contributed by atoms with Crippen molar-refractivity contribution >= 4 is 0 Å². The zero-order valence-corrected chi connectivity index (χ0v) is 7.94. The molecule has 0 aromatic heterocycles. The van der Waals surface area contributed by atoms with Gasteiger partial charge in [0.05, 0.1) is 16.8 Å². The van der Waals surface area contributed by atoms with Crippen molar-refractivity contribution in [3.05, 3.63) is 34.3 Å². The van der Waals surface area contributed by atoms with Crippen molar-refractivity contribution < 1.29 is 0 Å². The third kappa shape index (κ3) is 1.68. The molecule has 0 aromatic rings. The number of hydrogen-bond donors (Lipinski definition) is 2. The highest BCUT2D eigenvalue weighted by atomic mass is 14.9. The van der Waals surface area contributed by atoms with E-state index in [1.807, 2.05) is 0 Å². The van der Waals surface area contributed by atoms with Gasteiger partial charge in [0, 0.05) is 0 Å². The van der Waals surface area contributed by atoms with E-state index in [2.05, 4.69) is 5.32 Å². The van der Waals surface area contributed by atoms with Gasteiger partial charge in [-0.15, -0.1) is 0 Å². The van der Waals surface area contributed by atoms with Gasteiger partial charge >= 0.3 is 0 Å². The number of dihydropyridines is 1. The summed E-state index contributed by atoms with van der Waals surface area (Å²) in [7, 11) is 0. The van der Waals surface area contributed by atoms with Gasteiger partial charge in [0.1, 0.15) is 35.7 Å². The zero-order chi connectivity index (χ0) is 12.1. The van der Waals surface area contributed by atoms with E-state index in [0.29, 0.717) is 0 Å². The van der Waals surface area contributed by atoms with Gasteiger partial charge in [-0.3, -0.25) is 0 Å². The molecule has 0 radical (unpaired) electrons. The van der Waals surface area contributed by atoms with Crippen LogP contribution in [0.25, 0.3) is 0 Å². The Kier molecular flexibility index (Phi) is 2.94. The molecule has 6 heteroatoms. The molecule has 6 nitrogen and oxygen atoms in total. The molecule has 1 heterocycles. The highest BCUT2D eigenvalue weighted by Crippen LogP contribution is 2.20. The summed E-state index contributed by atoms with van der Waals surface area (Å²) in [5, 5.41) is 37.4. The predicted molar refractivity (Wildman–Crippen MR) is 51.9 cm³/mol. The predicted octanol–water partition coefficient (Wildman–Crippen LogP) is 0.0347. The van der Waals surface area contributed by atoms with E-state index < -0.39 is 0 Å². The Hall–Kier alpha value is -3.22. The molecule has 0 unspecified atom stereocenters. The van der Waals surface area contributed by atoms with Crippen LogP contribution in [0.3, 0.4) is 0 Å². The summed E-state index contributed by atoms with van der Waals surface area (Å²) in [6.07, 6.45) is 1.22. The number of nitrogens with zero attached hydrogens (tertiary/aromatic N) is 4. The number of nitriles is 4. The Morgan fingerprint density at radius 3 is 2.25 bits per heavy atom. The second kappa shape index (κ2) is 4.33. The van der Waals surface area contributed by atoms with Gasteiger partial charge in [0.15, 0.2) is 0 Å². The first kappa shape index (κ1) is 10.9. The molecule has 0 saturated heterocycles. The Bertz CT molecular complexity index is 591. The average Bonchev–Trinajstić information content (AvgIpc) is 2.35. The largest absolute Gasteiger partial charge is 0.388 e. The van der Waals surface area contributed by atoms with Gasteiger partial charge in [0.2, 0.25) is 0 Å². The van der Waals surface area contributed by atoms with E-state index >= 15 is 0 Å². The number of hydrogen-bond acceptors (Lipinski definition) is 6. The minimum Gasteiger partial charge on any atom is -0.388 e. The molecule has 1 rings (SSSR count). The number of nitrogens with two attached hydrogens (primary N) is 1. The quantitative estimate of drug-likeness (QED) is 0.539. The van der Waals surface area contributed by atoms with Crippen molar-refractivity contribution in [1.82, 2.24) is 5.32 Å². The van der Waals surface area contributed by atoms with Crippen LogP contribution in [0, 0.1) is 45.3 Å². The normalized spacial score (nSPS) is 16.9. The summed E-state index contributed by atoms with van der Waals surface area (Å²) in [4.78, 5) is 0. The highest BCUT2D eigenvalue weighted by molar-refractivity contribution is 5.60. The highest BCUT2D eigenvalue weighted by Gasteiger charge is 2.19. The number of nitrogens with one attached hydrogen (secondary N) is 1. The van der Waals surface area contributed by atoms with Crippen LogP contribution in [0.2, 0.25) is 0 Å². The van der Waals surface area contributed by atoms with Gasteiger partial charge < -0.3 is 11.1 Å². The van der Waals surface area contributed by atoms with Crippen molar-refractivity contribution in [3.63, 3.8) is 0 Å². The Morgan fingerprint density at radius 2 is 1.81 bits per heavy atom. The van der Waals surface area contributed by atoms with Crippen molar-refractivity contribution in [3.8, 4) is 24.3 Å². The summed E-state index contributed by atoms with van der Waals surface area (Å²) in [5.41, 5.74) is 5.27. The van der Waals surface area contributed by atoms with Gasteiger partial charge in [-0.2, -0.15) is 21.0 Å². The van der Waals surface area contributed by atoms with Crippen molar-refractivity contribution in [2.45, 2.75) is 0 Å². The molecule has 0 aliphatic carbocycles. The first-order chi connectivity index (χ1) is 7.67. The molecule has 3 N–H and O–H groups in total. The summed E-state index contributed by atoms with van der Waals surface area (Å²) in [6.45, 7) is 0. The van der Waals surface area contributed by atoms with E-state index in [-0.39, 0.29) is 28.2 Å². The lowest BCUT2D eigenvalue weighted by molar-refractivity contribution is 0.978. The lowest BCUT2D eigenvalue weighted by Crippen LogP contribution is -2.22. The third-order valence-electron chi connectivity index (χ3n) is 1.82. The maximum Gasteiger partial charge on any atom is 0.136 e.